The van der Waals surface area contributed by atoms with Gasteiger partial charge in [-0.15, -0.1) is 0 Å². The van der Waals surface area contributed by atoms with E-state index in [0.717, 1.165) is 10.5 Å². The second-order valence-corrected chi connectivity index (χ2v) is 3.40. The van der Waals surface area contributed by atoms with Gasteiger partial charge in [0, 0.05) is 12.6 Å². The molecule has 0 saturated heterocycles. The smallest absolute Gasteiger partial charge is 0.269 e. The molecule has 2 amide bonds. The summed E-state index contributed by atoms with van der Waals surface area (Å²) < 4.78 is 0. The summed E-state index contributed by atoms with van der Waals surface area (Å²) in [5, 5.41) is -0.759. The largest absolute Gasteiger partial charge is 0.323 e. The molecule has 0 spiro atoms. The van der Waals surface area contributed by atoms with Crippen LogP contribution in [0.1, 0.15) is 12.5 Å². The fourth-order valence-electron chi connectivity index (χ4n) is 1.19. The molecule has 0 aliphatic rings. The second-order valence-electron chi connectivity index (χ2n) is 3.08. The highest BCUT2D eigenvalue weighted by molar-refractivity contribution is 6.64. The minimum Gasteiger partial charge on any atom is -0.269 e. The van der Waals surface area contributed by atoms with Crippen molar-refractivity contribution < 1.29 is 9.59 Å². The molecule has 0 unspecified atom stereocenters. The van der Waals surface area contributed by atoms with Crippen molar-refractivity contribution in [3.05, 3.63) is 42.0 Å². The molecule has 1 aromatic rings. The van der Waals surface area contributed by atoms with E-state index >= 15 is 0 Å². The molecule has 4 heteroatoms. The van der Waals surface area contributed by atoms with E-state index in [1.165, 1.54) is 6.08 Å². The SMILES string of the molecule is CCN(C(=O)Cl)C(=O)C=Cc1ccccc1. The number of likely N-dealkylation sites (N-methyl/N-ethyl adjacent to an activating group) is 1. The molecule has 0 bridgehead atoms. The summed E-state index contributed by atoms with van der Waals surface area (Å²) in [6.45, 7) is 1.95. The summed E-state index contributed by atoms with van der Waals surface area (Å²) in [5.74, 6) is -0.411. The zero-order chi connectivity index (χ0) is 12.0. The minimum atomic E-state index is -0.759. The Kier molecular flexibility index (Phi) is 4.73. The quantitative estimate of drug-likeness (QED) is 0.461. The number of benzene rings is 1. The van der Waals surface area contributed by atoms with Crippen molar-refractivity contribution in [3.63, 3.8) is 0 Å². The van der Waals surface area contributed by atoms with E-state index in [4.69, 9.17) is 11.6 Å². The highest BCUT2D eigenvalue weighted by atomic mass is 35.5. The van der Waals surface area contributed by atoms with E-state index in [1.54, 1.807) is 13.0 Å². The Labute approximate surface area is 99.3 Å². The fraction of sp³-hybridized carbons (Fsp3) is 0.167. The van der Waals surface area contributed by atoms with Crippen molar-refractivity contribution in [1.82, 2.24) is 4.90 Å². The number of hydrogen-bond acceptors (Lipinski definition) is 2. The van der Waals surface area contributed by atoms with Crippen molar-refractivity contribution >= 4 is 29.0 Å². The first-order valence-corrected chi connectivity index (χ1v) is 5.27. The molecule has 1 rings (SSSR count). The van der Waals surface area contributed by atoms with Gasteiger partial charge >= 0.3 is 5.37 Å². The van der Waals surface area contributed by atoms with Gasteiger partial charge in [0.15, 0.2) is 0 Å². The standard InChI is InChI=1S/C12H12ClNO2/c1-2-14(12(13)16)11(15)9-8-10-6-4-3-5-7-10/h3-9H,2H2,1H3. The van der Waals surface area contributed by atoms with E-state index in [2.05, 4.69) is 0 Å². The van der Waals surface area contributed by atoms with Gasteiger partial charge in [-0.05, 0) is 30.2 Å². The lowest BCUT2D eigenvalue weighted by atomic mass is 10.2. The molecule has 84 valence electrons. The van der Waals surface area contributed by atoms with E-state index in [9.17, 15) is 9.59 Å². The average Bonchev–Trinajstić information content (AvgIpc) is 2.28. The van der Waals surface area contributed by atoms with Gasteiger partial charge in [0.1, 0.15) is 0 Å². The molecule has 0 aliphatic heterocycles. The van der Waals surface area contributed by atoms with Gasteiger partial charge < -0.3 is 0 Å². The zero-order valence-electron chi connectivity index (χ0n) is 8.89. The summed E-state index contributed by atoms with van der Waals surface area (Å²) in [5.41, 5.74) is 0.897. The molecule has 0 atom stereocenters. The highest BCUT2D eigenvalue weighted by Gasteiger charge is 2.14. The maximum absolute atomic E-state index is 11.5. The number of rotatable bonds is 3. The summed E-state index contributed by atoms with van der Waals surface area (Å²) in [6.07, 6.45) is 2.98. The lowest BCUT2D eigenvalue weighted by molar-refractivity contribution is -0.122. The Bertz CT molecular complexity index is 401. The molecule has 1 aromatic carbocycles. The predicted octanol–water partition coefficient (Wildman–Crippen LogP) is 2.91. The molecule has 0 aliphatic carbocycles. The number of carbonyl (C=O) groups is 2. The molecule has 3 nitrogen and oxygen atoms in total. The lowest BCUT2D eigenvalue weighted by Gasteiger charge is -2.12. The summed E-state index contributed by atoms with van der Waals surface area (Å²) >= 11 is 5.25. The Morgan fingerprint density at radius 3 is 2.44 bits per heavy atom. The van der Waals surface area contributed by atoms with Crippen molar-refractivity contribution in [2.75, 3.05) is 6.54 Å². The van der Waals surface area contributed by atoms with Crippen LogP contribution in [-0.2, 0) is 4.79 Å². The van der Waals surface area contributed by atoms with Crippen molar-refractivity contribution in [3.8, 4) is 0 Å². The number of imide groups is 1. The average molecular weight is 238 g/mol. The van der Waals surface area contributed by atoms with E-state index in [-0.39, 0.29) is 6.54 Å². The second kappa shape index (κ2) is 6.08. The molecule has 0 radical (unpaired) electrons. The third-order valence-corrected chi connectivity index (χ3v) is 2.22. The van der Waals surface area contributed by atoms with Crippen LogP contribution < -0.4 is 0 Å². The van der Waals surface area contributed by atoms with Crippen LogP contribution in [0.5, 0.6) is 0 Å². The molecule has 0 fully saturated rings. The normalized spacial score (nSPS) is 10.4. The van der Waals surface area contributed by atoms with Crippen LogP contribution >= 0.6 is 11.6 Å². The van der Waals surface area contributed by atoms with Gasteiger partial charge in [-0.1, -0.05) is 30.3 Å². The third-order valence-electron chi connectivity index (χ3n) is 2.01. The van der Waals surface area contributed by atoms with Crippen molar-refractivity contribution in [1.29, 1.82) is 0 Å². The van der Waals surface area contributed by atoms with Crippen LogP contribution in [0.15, 0.2) is 36.4 Å². The maximum atomic E-state index is 11.5. The zero-order valence-corrected chi connectivity index (χ0v) is 9.65. The number of nitrogens with zero attached hydrogens (tertiary/aromatic N) is 1. The van der Waals surface area contributed by atoms with Crippen LogP contribution in [0.2, 0.25) is 0 Å². The Morgan fingerprint density at radius 2 is 1.94 bits per heavy atom. The molecular formula is C12H12ClNO2. The maximum Gasteiger partial charge on any atom is 0.323 e. The van der Waals surface area contributed by atoms with E-state index in [0.29, 0.717) is 0 Å². The van der Waals surface area contributed by atoms with Gasteiger partial charge in [-0.3, -0.25) is 14.5 Å². The third kappa shape index (κ3) is 3.51. The first-order chi connectivity index (χ1) is 7.65. The van der Waals surface area contributed by atoms with Gasteiger partial charge in [0.05, 0.1) is 0 Å². The Hall–Kier alpha value is -1.61. The van der Waals surface area contributed by atoms with Crippen LogP contribution in [0, 0.1) is 0 Å². The molecule has 16 heavy (non-hydrogen) atoms. The van der Waals surface area contributed by atoms with Crippen LogP contribution in [0.25, 0.3) is 6.08 Å². The Morgan fingerprint density at radius 1 is 1.31 bits per heavy atom. The molecule has 0 heterocycles. The summed E-state index contributed by atoms with van der Waals surface area (Å²) in [7, 11) is 0. The van der Waals surface area contributed by atoms with Crippen molar-refractivity contribution in [2.45, 2.75) is 6.92 Å². The number of amides is 2. The minimum absolute atomic E-state index is 0.264. The van der Waals surface area contributed by atoms with Crippen LogP contribution in [0.3, 0.4) is 0 Å². The first kappa shape index (κ1) is 12.5. The van der Waals surface area contributed by atoms with Crippen molar-refractivity contribution in [2.24, 2.45) is 0 Å². The molecular weight excluding hydrogens is 226 g/mol. The summed E-state index contributed by atoms with van der Waals surface area (Å²) in [4.78, 5) is 23.3. The fourth-order valence-corrected chi connectivity index (χ4v) is 1.39. The van der Waals surface area contributed by atoms with Gasteiger partial charge in [-0.2, -0.15) is 0 Å². The molecule has 0 aromatic heterocycles. The molecule has 0 saturated carbocycles. The number of hydrogen-bond donors (Lipinski definition) is 0. The topological polar surface area (TPSA) is 37.4 Å². The van der Waals surface area contributed by atoms with Crippen LogP contribution in [-0.4, -0.2) is 22.7 Å². The Balaban J connectivity index is 2.71. The van der Waals surface area contributed by atoms with Gasteiger partial charge in [-0.25, -0.2) is 0 Å². The highest BCUT2D eigenvalue weighted by Crippen LogP contribution is 2.03. The van der Waals surface area contributed by atoms with E-state index in [1.807, 2.05) is 30.3 Å². The molecule has 0 N–H and O–H groups in total. The number of halogens is 1. The first-order valence-electron chi connectivity index (χ1n) is 4.89. The number of carbonyl (C=O) groups excluding carboxylic acids is 2. The lowest BCUT2D eigenvalue weighted by Crippen LogP contribution is -2.31. The van der Waals surface area contributed by atoms with Gasteiger partial charge in [0.2, 0.25) is 0 Å². The van der Waals surface area contributed by atoms with E-state index < -0.39 is 11.3 Å². The predicted molar refractivity (Wildman–Crippen MR) is 64.1 cm³/mol. The van der Waals surface area contributed by atoms with Gasteiger partial charge in [0.25, 0.3) is 5.91 Å². The summed E-state index contributed by atoms with van der Waals surface area (Å²) in [6, 6.07) is 9.36. The monoisotopic (exact) mass is 237 g/mol. The van der Waals surface area contributed by atoms with Crippen LogP contribution in [0.4, 0.5) is 4.79 Å².